The van der Waals surface area contributed by atoms with Gasteiger partial charge in [-0.05, 0) is 12.1 Å². The number of alkyl halides is 3. The summed E-state index contributed by atoms with van der Waals surface area (Å²) in [6.45, 7) is 1.02. The van der Waals surface area contributed by atoms with Crippen molar-refractivity contribution in [2.24, 2.45) is 0 Å². The van der Waals surface area contributed by atoms with Crippen LogP contribution in [0.2, 0.25) is 0 Å². The van der Waals surface area contributed by atoms with Crippen molar-refractivity contribution in [3.05, 3.63) is 35.1 Å². The molecule has 0 bridgehead atoms. The molecule has 1 aliphatic heterocycles. The fourth-order valence-electron chi connectivity index (χ4n) is 2.35. The Morgan fingerprint density at radius 3 is 2.24 bits per heavy atom. The summed E-state index contributed by atoms with van der Waals surface area (Å²) in [6, 6.07) is 6.13. The van der Waals surface area contributed by atoms with Gasteiger partial charge in [-0.25, -0.2) is 4.39 Å². The average Bonchev–Trinajstić information content (AvgIpc) is 2.41. The highest BCUT2D eigenvalue weighted by Gasteiger charge is 2.32. The standard InChI is InChI=1S/C14H15F4N3/c15-13-7-11(8-19)1-2-12(13)9-20-3-5-21(6-4-20)10-14(16,17)18/h1-2,7H,3-6,9-10H2. The maximum absolute atomic E-state index is 13.8. The Morgan fingerprint density at radius 1 is 1.10 bits per heavy atom. The molecule has 0 radical (unpaired) electrons. The van der Waals surface area contributed by atoms with E-state index in [-0.39, 0.29) is 5.56 Å². The minimum Gasteiger partial charge on any atom is -0.296 e. The molecule has 0 N–H and O–H groups in total. The lowest BCUT2D eigenvalue weighted by atomic mass is 10.1. The summed E-state index contributed by atoms with van der Waals surface area (Å²) >= 11 is 0. The van der Waals surface area contributed by atoms with E-state index in [2.05, 4.69) is 0 Å². The Balaban J connectivity index is 1.88. The number of rotatable bonds is 3. The van der Waals surface area contributed by atoms with Crippen LogP contribution in [0.1, 0.15) is 11.1 Å². The Labute approximate surface area is 120 Å². The molecule has 0 aromatic heterocycles. The summed E-state index contributed by atoms with van der Waals surface area (Å²) in [4.78, 5) is 3.27. The number of hydrogen-bond acceptors (Lipinski definition) is 3. The second-order valence-corrected chi connectivity index (χ2v) is 5.09. The molecule has 0 aliphatic carbocycles. The molecule has 1 saturated heterocycles. The van der Waals surface area contributed by atoms with Gasteiger partial charge < -0.3 is 0 Å². The monoisotopic (exact) mass is 301 g/mol. The Kier molecular flexibility index (Phi) is 4.80. The largest absolute Gasteiger partial charge is 0.401 e. The number of nitriles is 1. The van der Waals surface area contributed by atoms with Gasteiger partial charge in [-0.15, -0.1) is 0 Å². The van der Waals surface area contributed by atoms with Gasteiger partial charge in [0.1, 0.15) is 5.82 Å². The van der Waals surface area contributed by atoms with E-state index in [0.29, 0.717) is 38.3 Å². The Morgan fingerprint density at radius 2 is 1.71 bits per heavy atom. The Hall–Kier alpha value is -1.65. The molecule has 1 aromatic carbocycles. The van der Waals surface area contributed by atoms with Gasteiger partial charge in [0.05, 0.1) is 18.2 Å². The van der Waals surface area contributed by atoms with Crippen LogP contribution < -0.4 is 0 Å². The minimum absolute atomic E-state index is 0.256. The van der Waals surface area contributed by atoms with Gasteiger partial charge in [0, 0.05) is 38.3 Å². The van der Waals surface area contributed by atoms with E-state index >= 15 is 0 Å². The molecule has 0 spiro atoms. The molecule has 1 fully saturated rings. The summed E-state index contributed by atoms with van der Waals surface area (Å²) in [7, 11) is 0. The van der Waals surface area contributed by atoms with Crippen LogP contribution in [0.25, 0.3) is 0 Å². The van der Waals surface area contributed by atoms with E-state index in [4.69, 9.17) is 5.26 Å². The van der Waals surface area contributed by atoms with Crippen molar-refractivity contribution in [1.82, 2.24) is 9.80 Å². The number of hydrogen-bond donors (Lipinski definition) is 0. The molecule has 7 heteroatoms. The van der Waals surface area contributed by atoms with Gasteiger partial charge in [0.15, 0.2) is 0 Å². The quantitative estimate of drug-likeness (QED) is 0.803. The molecule has 21 heavy (non-hydrogen) atoms. The van der Waals surface area contributed by atoms with Crippen LogP contribution in [0.3, 0.4) is 0 Å². The van der Waals surface area contributed by atoms with Crippen LogP contribution in [-0.2, 0) is 6.54 Å². The van der Waals surface area contributed by atoms with Crippen molar-refractivity contribution in [3.63, 3.8) is 0 Å². The summed E-state index contributed by atoms with van der Waals surface area (Å²) < 4.78 is 50.6. The topological polar surface area (TPSA) is 30.3 Å². The average molecular weight is 301 g/mol. The maximum atomic E-state index is 13.8. The fourth-order valence-corrected chi connectivity index (χ4v) is 2.35. The van der Waals surface area contributed by atoms with Gasteiger partial charge in [-0.2, -0.15) is 18.4 Å². The normalized spacial score (nSPS) is 17.7. The minimum atomic E-state index is -4.18. The predicted molar refractivity (Wildman–Crippen MR) is 68.9 cm³/mol. The lowest BCUT2D eigenvalue weighted by Gasteiger charge is -2.35. The maximum Gasteiger partial charge on any atom is 0.401 e. The highest BCUT2D eigenvalue weighted by Crippen LogP contribution is 2.18. The molecular formula is C14H15F4N3. The van der Waals surface area contributed by atoms with E-state index in [1.54, 1.807) is 6.07 Å². The van der Waals surface area contributed by atoms with Gasteiger partial charge in [-0.1, -0.05) is 6.07 Å². The molecule has 1 heterocycles. The van der Waals surface area contributed by atoms with Crippen molar-refractivity contribution < 1.29 is 17.6 Å². The zero-order valence-electron chi connectivity index (χ0n) is 11.3. The number of piperazine rings is 1. The van der Waals surface area contributed by atoms with E-state index in [0.717, 1.165) is 0 Å². The summed E-state index contributed by atoms with van der Waals surface area (Å²) in [5, 5.41) is 8.67. The molecule has 1 aromatic rings. The van der Waals surface area contributed by atoms with E-state index in [9.17, 15) is 17.6 Å². The molecule has 2 rings (SSSR count). The third kappa shape index (κ3) is 4.69. The first-order chi connectivity index (χ1) is 9.87. The van der Waals surface area contributed by atoms with Gasteiger partial charge in [0.2, 0.25) is 0 Å². The first-order valence-electron chi connectivity index (χ1n) is 6.57. The van der Waals surface area contributed by atoms with Crippen LogP contribution in [0.15, 0.2) is 18.2 Å². The van der Waals surface area contributed by atoms with E-state index in [1.165, 1.54) is 17.0 Å². The van der Waals surface area contributed by atoms with Crippen molar-refractivity contribution in [2.45, 2.75) is 12.7 Å². The summed E-state index contributed by atoms with van der Waals surface area (Å²) in [6.07, 6.45) is -4.18. The Bertz CT molecular complexity index is 528. The number of benzene rings is 1. The van der Waals surface area contributed by atoms with Crippen molar-refractivity contribution in [2.75, 3.05) is 32.7 Å². The van der Waals surface area contributed by atoms with Gasteiger partial charge in [-0.3, -0.25) is 9.80 Å². The molecule has 0 amide bonds. The smallest absolute Gasteiger partial charge is 0.296 e. The van der Waals surface area contributed by atoms with Gasteiger partial charge in [0.25, 0.3) is 0 Å². The van der Waals surface area contributed by atoms with Crippen LogP contribution in [0, 0.1) is 17.1 Å². The molecule has 3 nitrogen and oxygen atoms in total. The third-order valence-corrected chi connectivity index (χ3v) is 3.44. The van der Waals surface area contributed by atoms with Crippen molar-refractivity contribution >= 4 is 0 Å². The fraction of sp³-hybridized carbons (Fsp3) is 0.500. The van der Waals surface area contributed by atoms with Crippen LogP contribution in [0.5, 0.6) is 0 Å². The summed E-state index contributed by atoms with van der Waals surface area (Å²) in [5.74, 6) is -0.452. The van der Waals surface area contributed by atoms with Crippen LogP contribution in [-0.4, -0.2) is 48.7 Å². The van der Waals surface area contributed by atoms with Crippen LogP contribution in [0.4, 0.5) is 17.6 Å². The lowest BCUT2D eigenvalue weighted by Crippen LogP contribution is -2.48. The highest BCUT2D eigenvalue weighted by molar-refractivity contribution is 5.32. The molecular weight excluding hydrogens is 286 g/mol. The number of halogens is 4. The first kappa shape index (κ1) is 15.7. The summed E-state index contributed by atoms with van der Waals surface area (Å²) in [5.41, 5.74) is 0.713. The number of nitrogens with zero attached hydrogens (tertiary/aromatic N) is 3. The molecule has 0 atom stereocenters. The predicted octanol–water partition coefficient (Wildman–Crippen LogP) is 2.38. The second-order valence-electron chi connectivity index (χ2n) is 5.09. The molecule has 114 valence electrons. The zero-order chi connectivity index (χ0) is 15.5. The molecule has 0 unspecified atom stereocenters. The van der Waals surface area contributed by atoms with Crippen molar-refractivity contribution in [1.29, 1.82) is 5.26 Å². The van der Waals surface area contributed by atoms with Crippen LogP contribution >= 0.6 is 0 Å². The van der Waals surface area contributed by atoms with Gasteiger partial charge >= 0.3 is 6.18 Å². The SMILES string of the molecule is N#Cc1ccc(CN2CCN(CC(F)(F)F)CC2)c(F)c1. The molecule has 1 aliphatic rings. The second kappa shape index (κ2) is 6.41. The lowest BCUT2D eigenvalue weighted by molar-refractivity contribution is -0.149. The highest BCUT2D eigenvalue weighted by atomic mass is 19.4. The van der Waals surface area contributed by atoms with E-state index < -0.39 is 18.5 Å². The van der Waals surface area contributed by atoms with Crippen molar-refractivity contribution in [3.8, 4) is 6.07 Å². The van der Waals surface area contributed by atoms with E-state index in [1.807, 2.05) is 11.0 Å². The molecule has 0 saturated carbocycles. The third-order valence-electron chi connectivity index (χ3n) is 3.44. The first-order valence-corrected chi connectivity index (χ1v) is 6.57. The zero-order valence-corrected chi connectivity index (χ0v) is 11.3.